The van der Waals surface area contributed by atoms with E-state index in [9.17, 15) is 4.79 Å². The summed E-state index contributed by atoms with van der Waals surface area (Å²) in [7, 11) is 0. The maximum absolute atomic E-state index is 11.7. The van der Waals surface area contributed by atoms with E-state index < -0.39 is 11.2 Å². The van der Waals surface area contributed by atoms with Gasteiger partial charge in [0.2, 0.25) is 11.1 Å². The number of benzene rings is 1. The molecule has 5 nitrogen and oxygen atoms in total. The van der Waals surface area contributed by atoms with E-state index in [1.807, 2.05) is 60.0 Å². The monoisotopic (exact) mass is 342 g/mol. The minimum atomic E-state index is -0.513. The topological polar surface area (TPSA) is 84.7 Å². The van der Waals surface area contributed by atoms with Crippen LogP contribution in [-0.4, -0.2) is 21.1 Å². The lowest BCUT2D eigenvalue weighted by Gasteiger charge is -2.10. The number of amides is 1. The van der Waals surface area contributed by atoms with Gasteiger partial charge in [-0.05, 0) is 29.2 Å². The second-order valence-electron chi connectivity index (χ2n) is 4.66. The Morgan fingerprint density at radius 2 is 2.04 bits per heavy atom. The number of hydrogen-bond donors (Lipinski definition) is 2. The predicted octanol–water partition coefficient (Wildman–Crippen LogP) is 3.36. The van der Waals surface area contributed by atoms with E-state index in [0.29, 0.717) is 11.0 Å². The van der Waals surface area contributed by atoms with Crippen LogP contribution < -0.4 is 5.73 Å². The van der Waals surface area contributed by atoms with E-state index in [4.69, 9.17) is 5.73 Å². The van der Waals surface area contributed by atoms with Crippen molar-refractivity contribution in [2.45, 2.75) is 10.4 Å². The Morgan fingerprint density at radius 3 is 2.74 bits per heavy atom. The van der Waals surface area contributed by atoms with Crippen LogP contribution in [0.25, 0.3) is 12.2 Å². The third kappa shape index (κ3) is 4.08. The molecule has 0 aliphatic carbocycles. The summed E-state index contributed by atoms with van der Waals surface area (Å²) in [5.41, 5.74) is 6.35. The van der Waals surface area contributed by atoms with Crippen LogP contribution in [0.3, 0.4) is 0 Å². The first-order valence-corrected chi connectivity index (χ1v) is 8.63. The highest BCUT2D eigenvalue weighted by molar-refractivity contribution is 8.00. The van der Waals surface area contributed by atoms with E-state index >= 15 is 0 Å². The van der Waals surface area contributed by atoms with Gasteiger partial charge in [-0.25, -0.2) is 4.98 Å². The summed E-state index contributed by atoms with van der Waals surface area (Å²) in [5.74, 6) is 0.221. The number of aromatic amines is 1. The predicted molar refractivity (Wildman–Crippen MR) is 93.9 cm³/mol. The number of nitrogens with zero attached hydrogens (tertiary/aromatic N) is 2. The van der Waals surface area contributed by atoms with Crippen molar-refractivity contribution in [1.82, 2.24) is 15.2 Å². The minimum absolute atomic E-state index is 0.415. The van der Waals surface area contributed by atoms with Crippen molar-refractivity contribution in [3.63, 3.8) is 0 Å². The Labute approximate surface area is 141 Å². The lowest BCUT2D eigenvalue weighted by molar-refractivity contribution is -0.117. The minimum Gasteiger partial charge on any atom is -0.368 e. The molecule has 3 rings (SSSR count). The number of thiophene rings is 1. The molecule has 0 fully saturated rings. The number of carbonyl (C=O) groups excluding carboxylic acids is 1. The van der Waals surface area contributed by atoms with Crippen LogP contribution in [0.1, 0.15) is 21.5 Å². The standard InChI is InChI=1S/C16H14N4OS2/c17-15(21)14(11-5-2-1-3-6-11)23-16-18-13(19-20-16)9-8-12-7-4-10-22-12/h1-10,14H,(H2,17,21)(H,18,19,20)/b9-8+. The average molecular weight is 342 g/mol. The van der Waals surface area contributed by atoms with Crippen LogP contribution in [-0.2, 0) is 4.79 Å². The Hall–Kier alpha value is -2.38. The fraction of sp³-hybridized carbons (Fsp3) is 0.0625. The van der Waals surface area contributed by atoms with E-state index in [-0.39, 0.29) is 0 Å². The smallest absolute Gasteiger partial charge is 0.235 e. The number of carbonyl (C=O) groups is 1. The summed E-state index contributed by atoms with van der Waals surface area (Å²) in [5, 5.41) is 8.97. The van der Waals surface area contributed by atoms with Crippen LogP contribution in [0, 0.1) is 0 Å². The summed E-state index contributed by atoms with van der Waals surface area (Å²) < 4.78 is 0. The van der Waals surface area contributed by atoms with Crippen LogP contribution in [0.4, 0.5) is 0 Å². The van der Waals surface area contributed by atoms with E-state index in [2.05, 4.69) is 15.2 Å². The van der Waals surface area contributed by atoms with E-state index in [1.165, 1.54) is 11.8 Å². The number of rotatable bonds is 6. The summed E-state index contributed by atoms with van der Waals surface area (Å²) in [4.78, 5) is 17.2. The molecule has 3 aromatic rings. The number of H-pyrrole nitrogens is 1. The number of primary amides is 1. The zero-order valence-corrected chi connectivity index (χ0v) is 13.7. The molecule has 0 radical (unpaired) electrons. The fourth-order valence-electron chi connectivity index (χ4n) is 1.96. The van der Waals surface area contributed by atoms with Crippen LogP contribution >= 0.6 is 23.1 Å². The van der Waals surface area contributed by atoms with Crippen LogP contribution in [0.5, 0.6) is 0 Å². The third-order valence-electron chi connectivity index (χ3n) is 3.01. The maximum atomic E-state index is 11.7. The molecule has 2 aromatic heterocycles. The molecule has 2 heterocycles. The van der Waals surface area contributed by atoms with Crippen molar-refractivity contribution in [2.24, 2.45) is 5.73 Å². The van der Waals surface area contributed by atoms with Gasteiger partial charge in [-0.1, -0.05) is 48.2 Å². The van der Waals surface area contributed by atoms with Crippen LogP contribution in [0.2, 0.25) is 0 Å². The van der Waals surface area contributed by atoms with Gasteiger partial charge in [-0.3, -0.25) is 9.89 Å². The summed E-state index contributed by atoms with van der Waals surface area (Å²) in [6.07, 6.45) is 3.81. The first kappa shape index (κ1) is 15.5. The normalized spacial score (nSPS) is 12.5. The molecule has 1 amide bonds. The van der Waals surface area contributed by atoms with E-state index in [1.54, 1.807) is 11.3 Å². The largest absolute Gasteiger partial charge is 0.368 e. The first-order chi connectivity index (χ1) is 11.2. The Bertz CT molecular complexity index is 797. The Kier molecular flexibility index (Phi) is 4.89. The molecule has 0 spiro atoms. The highest BCUT2D eigenvalue weighted by Gasteiger charge is 2.21. The van der Waals surface area contributed by atoms with Gasteiger partial charge in [0.1, 0.15) is 11.1 Å². The Balaban J connectivity index is 1.73. The maximum Gasteiger partial charge on any atom is 0.235 e. The highest BCUT2D eigenvalue weighted by atomic mass is 32.2. The molecule has 1 unspecified atom stereocenters. The van der Waals surface area contributed by atoms with Crippen molar-refractivity contribution >= 4 is 41.2 Å². The summed E-state index contributed by atoms with van der Waals surface area (Å²) >= 11 is 2.88. The lowest BCUT2D eigenvalue weighted by Crippen LogP contribution is -2.19. The van der Waals surface area contributed by atoms with Gasteiger partial charge in [0.15, 0.2) is 0 Å². The zero-order valence-electron chi connectivity index (χ0n) is 12.0. The van der Waals surface area contributed by atoms with Crippen LogP contribution in [0.15, 0.2) is 53.0 Å². The second-order valence-corrected chi connectivity index (χ2v) is 6.71. The molecular formula is C16H14N4OS2. The quantitative estimate of drug-likeness (QED) is 0.673. The molecule has 0 saturated carbocycles. The third-order valence-corrected chi connectivity index (χ3v) is 4.99. The molecule has 0 aliphatic heterocycles. The molecule has 0 saturated heterocycles. The van der Waals surface area contributed by atoms with Gasteiger partial charge < -0.3 is 5.73 Å². The van der Waals surface area contributed by atoms with Gasteiger partial charge >= 0.3 is 0 Å². The number of thioether (sulfide) groups is 1. The fourth-order valence-corrected chi connectivity index (χ4v) is 3.44. The zero-order chi connectivity index (χ0) is 16.1. The van der Waals surface area contributed by atoms with Gasteiger partial charge in [0.25, 0.3) is 0 Å². The molecule has 7 heteroatoms. The lowest BCUT2D eigenvalue weighted by atomic mass is 10.1. The van der Waals surface area contributed by atoms with Gasteiger partial charge in [-0.2, -0.15) is 0 Å². The second kappa shape index (κ2) is 7.26. The molecule has 0 bridgehead atoms. The molecule has 23 heavy (non-hydrogen) atoms. The number of nitrogens with two attached hydrogens (primary N) is 1. The van der Waals surface area contributed by atoms with Crippen molar-refractivity contribution in [3.8, 4) is 0 Å². The highest BCUT2D eigenvalue weighted by Crippen LogP contribution is 2.32. The number of aromatic nitrogens is 3. The molecular weight excluding hydrogens is 328 g/mol. The van der Waals surface area contributed by atoms with E-state index in [0.717, 1.165) is 10.4 Å². The molecule has 3 N–H and O–H groups in total. The van der Waals surface area contributed by atoms with Gasteiger partial charge in [0.05, 0.1) is 0 Å². The molecule has 116 valence electrons. The van der Waals surface area contributed by atoms with Crippen molar-refractivity contribution in [3.05, 3.63) is 64.1 Å². The first-order valence-electron chi connectivity index (χ1n) is 6.87. The van der Waals surface area contributed by atoms with Gasteiger partial charge in [-0.15, -0.1) is 16.4 Å². The average Bonchev–Trinajstić information content (AvgIpc) is 3.23. The summed E-state index contributed by atoms with van der Waals surface area (Å²) in [6, 6.07) is 13.4. The Morgan fingerprint density at radius 1 is 1.22 bits per heavy atom. The molecule has 0 aliphatic rings. The number of hydrogen-bond acceptors (Lipinski definition) is 5. The summed E-state index contributed by atoms with van der Waals surface area (Å²) in [6.45, 7) is 0. The van der Waals surface area contributed by atoms with Crippen molar-refractivity contribution in [1.29, 1.82) is 0 Å². The SMILES string of the molecule is NC(=O)C(Sc1n[nH]c(/C=C/c2cccs2)n1)c1ccccc1. The van der Waals surface area contributed by atoms with Gasteiger partial charge in [0, 0.05) is 4.88 Å². The van der Waals surface area contributed by atoms with Crippen molar-refractivity contribution in [2.75, 3.05) is 0 Å². The number of nitrogens with one attached hydrogen (secondary N) is 1. The molecule has 1 atom stereocenters. The molecule has 1 aromatic carbocycles. The van der Waals surface area contributed by atoms with Crippen molar-refractivity contribution < 1.29 is 4.79 Å².